The lowest BCUT2D eigenvalue weighted by Gasteiger charge is -2.42. The molecule has 1 unspecified atom stereocenters. The van der Waals surface area contributed by atoms with Crippen molar-refractivity contribution >= 4 is 11.6 Å². The van der Waals surface area contributed by atoms with E-state index in [1.54, 1.807) is 24.4 Å². The van der Waals surface area contributed by atoms with Crippen LogP contribution in [0.25, 0.3) is 0 Å². The molecule has 2 heterocycles. The van der Waals surface area contributed by atoms with E-state index >= 15 is 0 Å². The average Bonchev–Trinajstić information content (AvgIpc) is 2.64. The number of carbonyl (C=O) groups excluding carboxylic acids is 1. The van der Waals surface area contributed by atoms with Gasteiger partial charge in [0.15, 0.2) is 5.78 Å². The van der Waals surface area contributed by atoms with E-state index in [0.717, 1.165) is 25.2 Å². The Morgan fingerprint density at radius 2 is 2.12 bits per heavy atom. The van der Waals surface area contributed by atoms with Crippen LogP contribution in [-0.2, 0) is 6.42 Å². The summed E-state index contributed by atoms with van der Waals surface area (Å²) in [6.07, 6.45) is 3.84. The van der Waals surface area contributed by atoms with E-state index in [9.17, 15) is 14.3 Å². The van der Waals surface area contributed by atoms with Crippen LogP contribution in [0.3, 0.4) is 0 Å². The Morgan fingerprint density at radius 1 is 1.32 bits per heavy atom. The van der Waals surface area contributed by atoms with Crippen LogP contribution in [0, 0.1) is 11.2 Å². The molecule has 0 spiro atoms. The van der Waals surface area contributed by atoms with Gasteiger partial charge in [-0.3, -0.25) is 4.79 Å². The van der Waals surface area contributed by atoms with Crippen LogP contribution >= 0.6 is 0 Å². The summed E-state index contributed by atoms with van der Waals surface area (Å²) in [7, 11) is 0. The summed E-state index contributed by atoms with van der Waals surface area (Å²) in [6, 6.07) is 10.4. The zero-order valence-electron chi connectivity index (χ0n) is 14.4. The number of ketones is 1. The highest BCUT2D eigenvalue weighted by atomic mass is 19.1. The molecule has 1 N–H and O–H groups in total. The summed E-state index contributed by atoms with van der Waals surface area (Å²) in [4.78, 5) is 17.9. The summed E-state index contributed by atoms with van der Waals surface area (Å²) >= 11 is 0. The highest BCUT2D eigenvalue weighted by Crippen LogP contribution is 2.35. The van der Waals surface area contributed by atoms with Gasteiger partial charge in [-0.15, -0.1) is 0 Å². The molecule has 1 atom stereocenters. The van der Waals surface area contributed by atoms with Gasteiger partial charge in [-0.2, -0.15) is 0 Å². The number of aliphatic hydroxyl groups is 1. The topological polar surface area (TPSA) is 53.4 Å². The maximum absolute atomic E-state index is 14.1. The molecule has 0 aliphatic carbocycles. The number of anilines is 1. The van der Waals surface area contributed by atoms with Crippen molar-refractivity contribution in [2.24, 2.45) is 5.41 Å². The van der Waals surface area contributed by atoms with Gasteiger partial charge in [0, 0.05) is 30.3 Å². The predicted octanol–water partition coefficient (Wildman–Crippen LogP) is 3.24. The lowest BCUT2D eigenvalue weighted by Crippen LogP contribution is -2.47. The van der Waals surface area contributed by atoms with Crippen molar-refractivity contribution in [1.29, 1.82) is 0 Å². The summed E-state index contributed by atoms with van der Waals surface area (Å²) in [5, 5.41) is 10.1. The minimum atomic E-state index is -0.388. The fourth-order valence-corrected chi connectivity index (χ4v) is 3.56. The Balaban J connectivity index is 1.80. The molecule has 3 rings (SSSR count). The summed E-state index contributed by atoms with van der Waals surface area (Å²) in [5.41, 5.74) is 0.834. The zero-order valence-corrected chi connectivity index (χ0v) is 14.4. The molecule has 5 heteroatoms. The van der Waals surface area contributed by atoms with Gasteiger partial charge >= 0.3 is 0 Å². The van der Waals surface area contributed by atoms with Crippen LogP contribution in [-0.4, -0.2) is 35.6 Å². The number of aliphatic hydroxyl groups excluding tert-OH is 1. The summed E-state index contributed by atoms with van der Waals surface area (Å²) in [6.45, 7) is 2.97. The zero-order chi connectivity index (χ0) is 17.9. The van der Waals surface area contributed by atoms with Crippen LogP contribution in [0.1, 0.15) is 35.7 Å². The third-order valence-electron chi connectivity index (χ3n) is 5.00. The quantitative estimate of drug-likeness (QED) is 0.848. The molecule has 4 nitrogen and oxygen atoms in total. The second kappa shape index (κ2) is 7.31. The Labute approximate surface area is 147 Å². The van der Waals surface area contributed by atoms with E-state index in [-0.39, 0.29) is 23.6 Å². The van der Waals surface area contributed by atoms with Gasteiger partial charge in [-0.1, -0.05) is 18.2 Å². The smallest absolute Gasteiger partial charge is 0.161 e. The number of carbonyl (C=O) groups is 1. The van der Waals surface area contributed by atoms with Crippen molar-refractivity contribution in [2.45, 2.75) is 26.2 Å². The minimum absolute atomic E-state index is 0.00334. The monoisotopic (exact) mass is 342 g/mol. The second-order valence-electron chi connectivity index (χ2n) is 6.91. The number of rotatable bonds is 5. The van der Waals surface area contributed by atoms with Gasteiger partial charge in [-0.25, -0.2) is 9.37 Å². The highest BCUT2D eigenvalue weighted by Gasteiger charge is 2.36. The molecule has 1 aliphatic rings. The molecule has 0 bridgehead atoms. The van der Waals surface area contributed by atoms with Crippen LogP contribution in [0.2, 0.25) is 0 Å². The summed E-state index contributed by atoms with van der Waals surface area (Å²) < 4.78 is 14.1. The molecule has 0 saturated carbocycles. The molecule has 1 aromatic heterocycles. The van der Waals surface area contributed by atoms with Crippen molar-refractivity contribution in [3.8, 4) is 0 Å². The first-order chi connectivity index (χ1) is 12.0. The van der Waals surface area contributed by atoms with Crippen molar-refractivity contribution < 1.29 is 14.3 Å². The SMILES string of the molecule is CC(=O)c1ccc(N2CCCC(CO)(Cc3ccccc3F)C2)nc1. The second-order valence-corrected chi connectivity index (χ2v) is 6.91. The Hall–Kier alpha value is -2.27. The van der Waals surface area contributed by atoms with E-state index < -0.39 is 0 Å². The maximum atomic E-state index is 14.1. The number of Topliss-reactive ketones (excluding diaryl/α,β-unsaturated/α-hetero) is 1. The number of hydrogen-bond acceptors (Lipinski definition) is 4. The fraction of sp³-hybridized carbons (Fsp3) is 0.400. The summed E-state index contributed by atoms with van der Waals surface area (Å²) in [5.74, 6) is 0.550. The van der Waals surface area contributed by atoms with Crippen LogP contribution in [0.5, 0.6) is 0 Å². The predicted molar refractivity (Wildman–Crippen MR) is 95.3 cm³/mol. The largest absolute Gasteiger partial charge is 0.396 e. The van der Waals surface area contributed by atoms with E-state index in [2.05, 4.69) is 9.88 Å². The third kappa shape index (κ3) is 3.87. The van der Waals surface area contributed by atoms with Gasteiger partial charge in [0.1, 0.15) is 11.6 Å². The van der Waals surface area contributed by atoms with E-state index in [0.29, 0.717) is 24.1 Å². The lowest BCUT2D eigenvalue weighted by molar-refractivity contribution is 0.101. The number of hydrogen-bond donors (Lipinski definition) is 1. The highest BCUT2D eigenvalue weighted by molar-refractivity contribution is 5.93. The standard InChI is InChI=1S/C20H23FN2O2/c1-15(25)17-7-8-19(22-12-17)23-10-4-9-20(13-23,14-24)11-16-5-2-3-6-18(16)21/h2-3,5-8,12,24H,4,9-11,13-14H2,1H3. The molecule has 1 aromatic carbocycles. The van der Waals surface area contributed by atoms with Gasteiger partial charge < -0.3 is 10.0 Å². The van der Waals surface area contributed by atoms with Gasteiger partial charge in [0.25, 0.3) is 0 Å². The number of halogens is 1. The molecular formula is C20H23FN2O2. The van der Waals surface area contributed by atoms with E-state index in [4.69, 9.17) is 0 Å². The van der Waals surface area contributed by atoms with Crippen LogP contribution in [0.15, 0.2) is 42.6 Å². The molecule has 25 heavy (non-hydrogen) atoms. The first-order valence-corrected chi connectivity index (χ1v) is 8.59. The molecular weight excluding hydrogens is 319 g/mol. The molecule has 1 fully saturated rings. The normalized spacial score (nSPS) is 20.5. The molecule has 132 valence electrons. The lowest BCUT2D eigenvalue weighted by atomic mass is 9.75. The van der Waals surface area contributed by atoms with Crippen molar-refractivity contribution in [2.75, 3.05) is 24.6 Å². The molecule has 1 saturated heterocycles. The first-order valence-electron chi connectivity index (χ1n) is 8.59. The van der Waals surface area contributed by atoms with Gasteiger partial charge in [-0.05, 0) is 49.9 Å². The number of aromatic nitrogens is 1. The van der Waals surface area contributed by atoms with Gasteiger partial charge in [0.05, 0.1) is 6.61 Å². The molecule has 0 radical (unpaired) electrons. The number of nitrogens with zero attached hydrogens (tertiary/aromatic N) is 2. The maximum Gasteiger partial charge on any atom is 0.161 e. The Morgan fingerprint density at radius 3 is 2.76 bits per heavy atom. The average molecular weight is 342 g/mol. The molecule has 2 aromatic rings. The van der Waals surface area contributed by atoms with Crippen molar-refractivity contribution in [3.63, 3.8) is 0 Å². The minimum Gasteiger partial charge on any atom is -0.396 e. The van der Waals surface area contributed by atoms with E-state index in [1.165, 1.54) is 13.0 Å². The van der Waals surface area contributed by atoms with Crippen molar-refractivity contribution in [1.82, 2.24) is 4.98 Å². The van der Waals surface area contributed by atoms with Crippen LogP contribution in [0.4, 0.5) is 10.2 Å². The Bertz CT molecular complexity index is 748. The number of piperidine rings is 1. The van der Waals surface area contributed by atoms with E-state index in [1.807, 2.05) is 12.1 Å². The van der Waals surface area contributed by atoms with Crippen LogP contribution < -0.4 is 4.90 Å². The first kappa shape index (κ1) is 17.5. The number of pyridine rings is 1. The Kier molecular flexibility index (Phi) is 5.13. The number of benzene rings is 1. The molecule has 1 aliphatic heterocycles. The molecule has 0 amide bonds. The van der Waals surface area contributed by atoms with Gasteiger partial charge in [0.2, 0.25) is 0 Å². The third-order valence-corrected chi connectivity index (χ3v) is 5.00. The van der Waals surface area contributed by atoms with Crippen molar-refractivity contribution in [3.05, 3.63) is 59.5 Å². The fourth-order valence-electron chi connectivity index (χ4n) is 3.56.